The van der Waals surface area contributed by atoms with Gasteiger partial charge in [-0.15, -0.1) is 0 Å². The summed E-state index contributed by atoms with van der Waals surface area (Å²) in [5, 5.41) is 0. The molecule has 0 aromatic heterocycles. The number of hydrogen-bond acceptors (Lipinski definition) is 6. The van der Waals surface area contributed by atoms with Crippen molar-refractivity contribution in [3.8, 4) is 0 Å². The third-order valence-electron chi connectivity index (χ3n) is 9.50. The molecule has 6 nitrogen and oxygen atoms in total. The predicted molar refractivity (Wildman–Crippen MR) is 269 cm³/mol. The molecule has 0 aromatic rings. The highest BCUT2D eigenvalue weighted by Crippen LogP contribution is 2.12. The van der Waals surface area contributed by atoms with Gasteiger partial charge in [-0.1, -0.05) is 212 Å². The van der Waals surface area contributed by atoms with Gasteiger partial charge in [0.1, 0.15) is 13.2 Å². The quantitative estimate of drug-likeness (QED) is 0.0200. The highest BCUT2D eigenvalue weighted by molar-refractivity contribution is 5.71. The van der Waals surface area contributed by atoms with E-state index < -0.39 is 6.10 Å². The lowest BCUT2D eigenvalue weighted by atomic mass is 10.1. The van der Waals surface area contributed by atoms with Gasteiger partial charge in [-0.05, 0) is 89.9 Å². The summed E-state index contributed by atoms with van der Waals surface area (Å²) in [6, 6.07) is 0. The fourth-order valence-corrected chi connectivity index (χ4v) is 5.87. The van der Waals surface area contributed by atoms with E-state index in [-0.39, 0.29) is 50.4 Å². The van der Waals surface area contributed by atoms with E-state index >= 15 is 0 Å². The van der Waals surface area contributed by atoms with Crippen LogP contribution in [-0.4, -0.2) is 37.2 Å². The first-order valence-corrected chi connectivity index (χ1v) is 24.4. The van der Waals surface area contributed by atoms with Gasteiger partial charge in [0.25, 0.3) is 0 Å². The molecular weight excluding hydrogens is 781 g/mol. The van der Waals surface area contributed by atoms with Crippen LogP contribution in [0.3, 0.4) is 0 Å². The van der Waals surface area contributed by atoms with E-state index in [1.165, 1.54) is 44.9 Å². The number of esters is 3. The summed E-state index contributed by atoms with van der Waals surface area (Å²) in [7, 11) is 0. The Labute approximate surface area is 385 Å². The van der Waals surface area contributed by atoms with E-state index in [2.05, 4.69) is 112 Å². The molecule has 0 spiro atoms. The first-order chi connectivity index (χ1) is 31.0. The highest BCUT2D eigenvalue weighted by Gasteiger charge is 2.19. The molecule has 1 atom stereocenters. The molecule has 0 fully saturated rings. The first-order valence-electron chi connectivity index (χ1n) is 24.4. The van der Waals surface area contributed by atoms with E-state index in [0.717, 1.165) is 77.0 Å². The second-order valence-corrected chi connectivity index (χ2v) is 15.4. The molecular formula is C57H86O6. The Kier molecular flexibility index (Phi) is 46.2. The maximum atomic E-state index is 12.8. The Morgan fingerprint density at radius 2 is 0.698 bits per heavy atom. The van der Waals surface area contributed by atoms with Crippen LogP contribution in [0.5, 0.6) is 0 Å². The summed E-state index contributed by atoms with van der Waals surface area (Å²) in [5.74, 6) is -1.09. The van der Waals surface area contributed by atoms with Crippen LogP contribution < -0.4 is 0 Å². The van der Waals surface area contributed by atoms with Gasteiger partial charge >= 0.3 is 17.9 Å². The minimum absolute atomic E-state index is 0.141. The number of hydrogen-bond donors (Lipinski definition) is 0. The Morgan fingerprint density at radius 1 is 0.349 bits per heavy atom. The number of unbranched alkanes of at least 4 members (excludes halogenated alkanes) is 12. The lowest BCUT2D eigenvalue weighted by molar-refractivity contribution is -0.167. The summed E-state index contributed by atoms with van der Waals surface area (Å²) >= 11 is 0. The summed E-state index contributed by atoms with van der Waals surface area (Å²) in [5.41, 5.74) is 0. The van der Waals surface area contributed by atoms with Gasteiger partial charge in [-0.2, -0.15) is 0 Å². The van der Waals surface area contributed by atoms with Crippen LogP contribution in [0.2, 0.25) is 0 Å². The zero-order valence-corrected chi connectivity index (χ0v) is 39.8. The zero-order chi connectivity index (χ0) is 45.8. The molecule has 0 aromatic carbocycles. The van der Waals surface area contributed by atoms with Crippen molar-refractivity contribution in [1.29, 1.82) is 0 Å². The van der Waals surface area contributed by atoms with Crippen LogP contribution in [0, 0.1) is 0 Å². The Bertz CT molecular complexity index is 1460. The van der Waals surface area contributed by atoms with E-state index in [9.17, 15) is 14.4 Å². The van der Waals surface area contributed by atoms with Crippen molar-refractivity contribution < 1.29 is 28.6 Å². The van der Waals surface area contributed by atoms with Crippen LogP contribution in [0.25, 0.3) is 0 Å². The smallest absolute Gasteiger partial charge is 0.306 e. The van der Waals surface area contributed by atoms with Gasteiger partial charge in [0.05, 0.1) is 0 Å². The molecule has 0 radical (unpaired) electrons. The van der Waals surface area contributed by atoms with Crippen molar-refractivity contribution in [2.45, 2.75) is 181 Å². The molecule has 0 bridgehead atoms. The van der Waals surface area contributed by atoms with Crippen molar-refractivity contribution in [3.63, 3.8) is 0 Å². The van der Waals surface area contributed by atoms with Gasteiger partial charge in [-0.25, -0.2) is 0 Å². The Hall–Kier alpha value is -4.71. The largest absolute Gasteiger partial charge is 0.462 e. The molecule has 0 amide bonds. The van der Waals surface area contributed by atoms with E-state index in [1.54, 1.807) is 0 Å². The average Bonchev–Trinajstić information content (AvgIpc) is 3.28. The fourth-order valence-electron chi connectivity index (χ4n) is 5.87. The molecule has 1 unspecified atom stereocenters. The van der Waals surface area contributed by atoms with Gasteiger partial charge < -0.3 is 14.2 Å². The topological polar surface area (TPSA) is 78.9 Å². The molecule has 0 heterocycles. The molecule has 0 aliphatic heterocycles. The Balaban J connectivity index is 4.63. The molecule has 0 saturated carbocycles. The third kappa shape index (κ3) is 48.2. The first kappa shape index (κ1) is 58.3. The molecule has 0 N–H and O–H groups in total. The molecule has 350 valence electrons. The number of carbonyl (C=O) groups is 3. The van der Waals surface area contributed by atoms with Crippen molar-refractivity contribution in [2.75, 3.05) is 13.2 Å². The molecule has 6 heteroatoms. The molecule has 0 saturated heterocycles. The minimum Gasteiger partial charge on any atom is -0.462 e. The van der Waals surface area contributed by atoms with Crippen LogP contribution in [0.4, 0.5) is 0 Å². The van der Waals surface area contributed by atoms with Crippen LogP contribution in [-0.2, 0) is 28.6 Å². The number of ether oxygens (including phenoxy) is 3. The maximum Gasteiger partial charge on any atom is 0.306 e. The monoisotopic (exact) mass is 867 g/mol. The Morgan fingerprint density at radius 3 is 1.17 bits per heavy atom. The van der Waals surface area contributed by atoms with Gasteiger partial charge in [0, 0.05) is 19.3 Å². The van der Waals surface area contributed by atoms with Crippen molar-refractivity contribution >= 4 is 17.9 Å². The SMILES string of the molecule is CC/C=C/C=C/C=C/C=C/C=C/CCCC(=O)OCC(COC(=O)CCC/C=C/C/C=C/C/C=C/C/C=C/CCCCC)OC(=O)CCCCCCCCC/C=C/C=C/C=C/CC. The van der Waals surface area contributed by atoms with Crippen LogP contribution in [0.1, 0.15) is 175 Å². The van der Waals surface area contributed by atoms with E-state index in [4.69, 9.17) is 14.2 Å². The summed E-state index contributed by atoms with van der Waals surface area (Å²) in [6.07, 6.45) is 71.2. The van der Waals surface area contributed by atoms with Crippen molar-refractivity contribution in [1.82, 2.24) is 0 Å². The highest BCUT2D eigenvalue weighted by atomic mass is 16.6. The zero-order valence-electron chi connectivity index (χ0n) is 39.8. The second kappa shape index (κ2) is 49.9. The van der Waals surface area contributed by atoms with E-state index in [0.29, 0.717) is 12.8 Å². The summed E-state index contributed by atoms with van der Waals surface area (Å²) in [6.45, 7) is 6.18. The predicted octanol–water partition coefficient (Wildman–Crippen LogP) is 16.1. The number of carbonyl (C=O) groups excluding carboxylic acids is 3. The fraction of sp³-hybridized carbons (Fsp3) is 0.526. The molecule has 63 heavy (non-hydrogen) atoms. The van der Waals surface area contributed by atoms with Crippen LogP contribution >= 0.6 is 0 Å². The lowest BCUT2D eigenvalue weighted by Crippen LogP contribution is -2.30. The standard InChI is InChI=1S/C57H86O6/c1-4-7-10-13-16-19-22-25-27-28-30-32-35-38-41-44-47-50-56(59)62-53-54(52-61-55(58)49-46-43-40-37-34-31-24-21-18-15-12-9-6-3)63-57(60)51-48-45-42-39-36-33-29-26-23-20-17-14-11-8-5-2/h8-9,11-12,14-21,23-25,27,30-32,34,37-38,40-41,54H,4-7,10,13,22,26,28-29,33,35-36,39,42-53H2,1-3H3/b11-8+,12-9+,17-14+,18-15+,19-16+,23-20+,24-21+,27-25+,32-30+,34-31+,40-37+,41-38+. The molecule has 0 aliphatic carbocycles. The summed E-state index contributed by atoms with van der Waals surface area (Å²) < 4.78 is 16.6. The van der Waals surface area contributed by atoms with Gasteiger partial charge in [0.2, 0.25) is 0 Å². The lowest BCUT2D eigenvalue weighted by Gasteiger charge is -2.18. The molecule has 0 rings (SSSR count). The number of allylic oxidation sites excluding steroid dienone is 24. The van der Waals surface area contributed by atoms with Gasteiger partial charge in [-0.3, -0.25) is 14.4 Å². The van der Waals surface area contributed by atoms with Crippen molar-refractivity contribution in [2.24, 2.45) is 0 Å². The van der Waals surface area contributed by atoms with Crippen LogP contribution in [0.15, 0.2) is 146 Å². The summed E-state index contributed by atoms with van der Waals surface area (Å²) in [4.78, 5) is 37.9. The maximum absolute atomic E-state index is 12.8. The minimum atomic E-state index is -0.841. The number of rotatable bonds is 41. The third-order valence-corrected chi connectivity index (χ3v) is 9.50. The average molecular weight is 867 g/mol. The normalized spacial score (nSPS) is 13.4. The van der Waals surface area contributed by atoms with Crippen molar-refractivity contribution in [3.05, 3.63) is 146 Å². The molecule has 0 aliphatic rings. The second-order valence-electron chi connectivity index (χ2n) is 15.4. The van der Waals surface area contributed by atoms with Gasteiger partial charge in [0.15, 0.2) is 6.10 Å². The van der Waals surface area contributed by atoms with E-state index in [1.807, 2.05) is 54.7 Å².